The molecule has 0 aliphatic heterocycles. The van der Waals surface area contributed by atoms with E-state index in [4.69, 9.17) is 0 Å². The lowest BCUT2D eigenvalue weighted by atomic mass is 9.79. The SMILES string of the molecule is C[C@@H](O)[C@](C)(CNC(=O)c1ccccn1)Cc1ccccc1. The standard InChI is InChI=1S/C18H22N2O2/c1-14(21)18(2,12-15-8-4-3-5-9-15)13-20-17(22)16-10-6-7-11-19-16/h3-11,14,21H,12-13H2,1-2H3,(H,20,22)/t14-,18+/m1/s1. The first-order valence-corrected chi connectivity index (χ1v) is 7.42. The molecule has 116 valence electrons. The molecule has 0 fully saturated rings. The summed E-state index contributed by atoms with van der Waals surface area (Å²) in [6.45, 7) is 4.12. The maximum absolute atomic E-state index is 12.1. The Morgan fingerprint density at radius 3 is 2.50 bits per heavy atom. The summed E-state index contributed by atoms with van der Waals surface area (Å²) in [5, 5.41) is 13.0. The monoisotopic (exact) mass is 298 g/mol. The number of nitrogens with zero attached hydrogens (tertiary/aromatic N) is 1. The molecule has 2 atom stereocenters. The molecule has 1 heterocycles. The molecule has 4 heteroatoms. The number of hydrogen-bond donors (Lipinski definition) is 2. The quantitative estimate of drug-likeness (QED) is 0.861. The zero-order chi connectivity index (χ0) is 16.0. The Morgan fingerprint density at radius 1 is 1.23 bits per heavy atom. The van der Waals surface area contributed by atoms with Crippen LogP contribution in [0, 0.1) is 5.41 Å². The van der Waals surface area contributed by atoms with Gasteiger partial charge in [0.1, 0.15) is 5.69 Å². The molecule has 0 saturated heterocycles. The maximum atomic E-state index is 12.1. The molecule has 0 aliphatic rings. The molecule has 1 aromatic carbocycles. The van der Waals surface area contributed by atoms with Gasteiger partial charge in [-0.2, -0.15) is 0 Å². The van der Waals surface area contributed by atoms with E-state index in [1.165, 1.54) is 0 Å². The fraction of sp³-hybridized carbons (Fsp3) is 0.333. The van der Waals surface area contributed by atoms with E-state index < -0.39 is 11.5 Å². The second kappa shape index (κ2) is 7.18. The van der Waals surface area contributed by atoms with Crippen LogP contribution in [0.25, 0.3) is 0 Å². The summed E-state index contributed by atoms with van der Waals surface area (Å²) in [6.07, 6.45) is 1.73. The van der Waals surface area contributed by atoms with Crippen molar-refractivity contribution in [3.63, 3.8) is 0 Å². The third-order valence-electron chi connectivity index (χ3n) is 4.01. The average Bonchev–Trinajstić information content (AvgIpc) is 2.54. The Hall–Kier alpha value is -2.20. The third kappa shape index (κ3) is 4.15. The van der Waals surface area contributed by atoms with Crippen molar-refractivity contribution in [3.8, 4) is 0 Å². The van der Waals surface area contributed by atoms with E-state index in [1.54, 1.807) is 31.3 Å². The van der Waals surface area contributed by atoms with Crippen molar-refractivity contribution in [2.75, 3.05) is 6.54 Å². The Kier molecular flexibility index (Phi) is 5.28. The predicted molar refractivity (Wildman–Crippen MR) is 86.5 cm³/mol. The van der Waals surface area contributed by atoms with Gasteiger partial charge in [-0.1, -0.05) is 43.3 Å². The second-order valence-corrected chi connectivity index (χ2v) is 5.89. The minimum absolute atomic E-state index is 0.222. The molecule has 1 aromatic heterocycles. The van der Waals surface area contributed by atoms with Crippen molar-refractivity contribution in [2.45, 2.75) is 26.4 Å². The van der Waals surface area contributed by atoms with Crippen molar-refractivity contribution in [3.05, 3.63) is 66.0 Å². The Labute approximate surface area is 131 Å². The Bertz CT molecular complexity index is 599. The number of nitrogens with one attached hydrogen (secondary N) is 1. The van der Waals surface area contributed by atoms with Gasteiger partial charge in [-0.15, -0.1) is 0 Å². The van der Waals surface area contributed by atoms with Crippen LogP contribution in [0.5, 0.6) is 0 Å². The van der Waals surface area contributed by atoms with Crippen LogP contribution in [-0.2, 0) is 6.42 Å². The number of hydrogen-bond acceptors (Lipinski definition) is 3. The van der Waals surface area contributed by atoms with Gasteiger partial charge in [0, 0.05) is 18.2 Å². The number of aromatic nitrogens is 1. The Balaban J connectivity index is 2.04. The predicted octanol–water partition coefficient (Wildman–Crippen LogP) is 2.44. The van der Waals surface area contributed by atoms with E-state index in [0.29, 0.717) is 18.7 Å². The molecule has 0 bridgehead atoms. The van der Waals surface area contributed by atoms with Crippen LogP contribution in [-0.4, -0.2) is 28.6 Å². The zero-order valence-corrected chi connectivity index (χ0v) is 13.0. The van der Waals surface area contributed by atoms with Crippen molar-refractivity contribution in [1.82, 2.24) is 10.3 Å². The van der Waals surface area contributed by atoms with E-state index in [-0.39, 0.29) is 5.91 Å². The van der Waals surface area contributed by atoms with Crippen molar-refractivity contribution in [2.24, 2.45) is 5.41 Å². The molecule has 22 heavy (non-hydrogen) atoms. The highest BCUT2D eigenvalue weighted by molar-refractivity contribution is 5.92. The molecule has 0 aliphatic carbocycles. The number of benzene rings is 1. The highest BCUT2D eigenvalue weighted by Crippen LogP contribution is 2.26. The largest absolute Gasteiger partial charge is 0.393 e. The van der Waals surface area contributed by atoms with E-state index in [1.807, 2.05) is 37.3 Å². The van der Waals surface area contributed by atoms with Gasteiger partial charge in [-0.05, 0) is 31.0 Å². The number of rotatable bonds is 6. The van der Waals surface area contributed by atoms with E-state index in [9.17, 15) is 9.90 Å². The third-order valence-corrected chi connectivity index (χ3v) is 4.01. The molecule has 0 saturated carbocycles. The van der Waals surface area contributed by atoms with Gasteiger partial charge in [0.05, 0.1) is 6.10 Å². The topological polar surface area (TPSA) is 62.2 Å². The molecular weight excluding hydrogens is 276 g/mol. The first-order chi connectivity index (χ1) is 10.5. The van der Waals surface area contributed by atoms with Gasteiger partial charge in [0.15, 0.2) is 0 Å². The van der Waals surface area contributed by atoms with Crippen LogP contribution >= 0.6 is 0 Å². The number of carbonyl (C=O) groups excluding carboxylic acids is 1. The summed E-state index contributed by atoms with van der Waals surface area (Å²) in [6, 6.07) is 15.2. The minimum atomic E-state index is -0.545. The first kappa shape index (κ1) is 16.2. The molecule has 0 radical (unpaired) electrons. The number of aliphatic hydroxyl groups is 1. The molecule has 1 amide bonds. The lowest BCUT2D eigenvalue weighted by Gasteiger charge is -2.33. The van der Waals surface area contributed by atoms with Crippen LogP contribution < -0.4 is 5.32 Å². The molecule has 0 spiro atoms. The van der Waals surface area contributed by atoms with Gasteiger partial charge in [0.25, 0.3) is 5.91 Å². The highest BCUT2D eigenvalue weighted by atomic mass is 16.3. The van der Waals surface area contributed by atoms with Gasteiger partial charge in [-0.25, -0.2) is 0 Å². The number of amides is 1. The lowest BCUT2D eigenvalue weighted by molar-refractivity contribution is 0.0499. The van der Waals surface area contributed by atoms with E-state index in [0.717, 1.165) is 5.56 Å². The van der Waals surface area contributed by atoms with Crippen LogP contribution in [0.2, 0.25) is 0 Å². The van der Waals surface area contributed by atoms with Gasteiger partial charge >= 0.3 is 0 Å². The fourth-order valence-electron chi connectivity index (χ4n) is 2.29. The zero-order valence-electron chi connectivity index (χ0n) is 13.0. The molecular formula is C18H22N2O2. The fourth-order valence-corrected chi connectivity index (χ4v) is 2.29. The van der Waals surface area contributed by atoms with Gasteiger partial charge in [-0.3, -0.25) is 9.78 Å². The van der Waals surface area contributed by atoms with Gasteiger partial charge in [0.2, 0.25) is 0 Å². The molecule has 2 aromatic rings. The summed E-state index contributed by atoms with van der Waals surface area (Å²) in [4.78, 5) is 16.1. The van der Waals surface area contributed by atoms with Crippen molar-refractivity contribution in [1.29, 1.82) is 0 Å². The van der Waals surface area contributed by atoms with Crippen LogP contribution in [0.15, 0.2) is 54.7 Å². The van der Waals surface area contributed by atoms with Gasteiger partial charge < -0.3 is 10.4 Å². The Morgan fingerprint density at radius 2 is 1.91 bits per heavy atom. The van der Waals surface area contributed by atoms with Crippen molar-refractivity contribution < 1.29 is 9.90 Å². The average molecular weight is 298 g/mol. The first-order valence-electron chi connectivity index (χ1n) is 7.42. The van der Waals surface area contributed by atoms with E-state index >= 15 is 0 Å². The van der Waals surface area contributed by atoms with Crippen molar-refractivity contribution >= 4 is 5.91 Å². The molecule has 4 nitrogen and oxygen atoms in total. The number of pyridine rings is 1. The van der Waals surface area contributed by atoms with Crippen LogP contribution in [0.4, 0.5) is 0 Å². The number of carbonyl (C=O) groups is 1. The minimum Gasteiger partial charge on any atom is -0.393 e. The molecule has 0 unspecified atom stereocenters. The highest BCUT2D eigenvalue weighted by Gasteiger charge is 2.31. The summed E-state index contributed by atoms with van der Waals surface area (Å²) in [5.41, 5.74) is 1.08. The van der Waals surface area contributed by atoms with E-state index in [2.05, 4.69) is 10.3 Å². The maximum Gasteiger partial charge on any atom is 0.269 e. The van der Waals surface area contributed by atoms with Crippen LogP contribution in [0.1, 0.15) is 29.9 Å². The second-order valence-electron chi connectivity index (χ2n) is 5.89. The molecule has 2 rings (SSSR count). The summed E-state index contributed by atoms with van der Waals surface area (Å²) in [7, 11) is 0. The summed E-state index contributed by atoms with van der Waals surface area (Å²) >= 11 is 0. The summed E-state index contributed by atoms with van der Waals surface area (Å²) in [5.74, 6) is -0.222. The lowest BCUT2D eigenvalue weighted by Crippen LogP contribution is -2.44. The normalized spacial score (nSPS) is 14.9. The number of aliphatic hydroxyl groups excluding tert-OH is 1. The smallest absolute Gasteiger partial charge is 0.269 e. The molecule has 2 N–H and O–H groups in total. The van der Waals surface area contributed by atoms with Crippen LogP contribution in [0.3, 0.4) is 0 Å². The summed E-state index contributed by atoms with van der Waals surface area (Å²) < 4.78 is 0.